The van der Waals surface area contributed by atoms with Crippen molar-refractivity contribution in [1.29, 1.82) is 5.26 Å². The van der Waals surface area contributed by atoms with Crippen LogP contribution in [0.5, 0.6) is 5.75 Å². The topological polar surface area (TPSA) is 245 Å². The van der Waals surface area contributed by atoms with Crippen LogP contribution in [0.25, 0.3) is 65.9 Å². The minimum Gasteiger partial charge on any atom is -0.497 e. The number of methoxy groups -OCH3 is 1. The molecule has 0 radical (unpaired) electrons. The van der Waals surface area contributed by atoms with Gasteiger partial charge in [0.05, 0.1) is 70.4 Å². The van der Waals surface area contributed by atoms with Gasteiger partial charge in [0.2, 0.25) is 0 Å². The van der Waals surface area contributed by atoms with E-state index in [1.807, 2.05) is 229 Å². The summed E-state index contributed by atoms with van der Waals surface area (Å²) in [5.74, 6) is 7.20. The highest BCUT2D eigenvalue weighted by molar-refractivity contribution is 9.13. The van der Waals surface area contributed by atoms with E-state index in [2.05, 4.69) is 157 Å². The Bertz CT molecular complexity index is 6000. The fraction of sp³-hybridized carbons (Fsp3) is 0.154. The van der Waals surface area contributed by atoms with Crippen molar-refractivity contribution >= 4 is 124 Å². The van der Waals surface area contributed by atoms with Crippen LogP contribution >= 0.6 is 79.6 Å². The number of aromatic nitrogens is 8. The van der Waals surface area contributed by atoms with Crippen molar-refractivity contribution in [1.82, 2.24) is 38.8 Å². The van der Waals surface area contributed by atoms with Crippen LogP contribution in [0.2, 0.25) is 0 Å². The van der Waals surface area contributed by atoms with E-state index in [1.54, 1.807) is 50.0 Å². The molecule has 8 aromatic heterocycles. The van der Waals surface area contributed by atoms with E-state index in [0.29, 0.717) is 47.8 Å². The first-order valence-electron chi connectivity index (χ1n) is 36.5. The maximum atomic E-state index is 12.6. The Hall–Kier alpha value is -10.9. The summed E-state index contributed by atoms with van der Waals surface area (Å²) in [6.07, 6.45) is 14.7. The fourth-order valence-corrected chi connectivity index (χ4v) is 16.0. The lowest BCUT2D eigenvalue weighted by atomic mass is 9.96. The largest absolute Gasteiger partial charge is 0.497 e. The molecule has 1 unspecified atom stereocenters. The molecule has 15 aromatic rings. The van der Waals surface area contributed by atoms with Gasteiger partial charge in [0, 0.05) is 78.5 Å². The number of aryl methyl sites for hydroxylation is 3. The van der Waals surface area contributed by atoms with Crippen molar-refractivity contribution in [3.63, 3.8) is 0 Å². The zero-order valence-corrected chi connectivity index (χ0v) is 71.9. The van der Waals surface area contributed by atoms with E-state index in [1.165, 1.54) is 0 Å². The van der Waals surface area contributed by atoms with Gasteiger partial charge in [-0.1, -0.05) is 188 Å². The van der Waals surface area contributed by atoms with E-state index >= 15 is 0 Å². The standard InChI is InChI=1S/C25H22N2O2.C18H15BrN2O.C13H10BrN3.C13H9BrN2.C9H13NO3S.C8H7N.C5H3Br2N/c1-29-20-13-11-17(12-14-20)21-8-5-15-27-25(21)24(19-6-3-2-4-7-19)22(26-27)16-23(28)18-9-10-18;19-14-7-4-10-21-18(14)17(13-5-2-1-3-6-13)15(20-21)11-16(22)12-8-9-12;14-10-7-4-8-17-12(10)11(13(15)16-17)9-5-2-1-3-6-9;1-15-12(10-6-3-2-4-7-10)13-11(14)8-5-9-16-13;1-6-4-7(2)9(8(3)5-6)14(11,12)13-10;9-7-6-8-4-2-1-3-5-8;6-4-2-1-3-8-5(4)7/h2-8,11-15,18H,9-10,16H2,1H3;1-7,10,12H,8-9,11H2;1-8H,(H2,15,16);2-9,12H;4-5H,10H2,1-3H3;1-5H,6H2;1-3H. The second kappa shape index (κ2) is 40.9. The molecule has 2 fully saturated rings. The van der Waals surface area contributed by atoms with Gasteiger partial charge in [-0.15, -0.1) is 5.10 Å². The minimum absolute atomic E-state index is 0.158. The van der Waals surface area contributed by atoms with E-state index in [0.717, 1.165) is 149 Å². The predicted molar refractivity (Wildman–Crippen MR) is 472 cm³/mol. The van der Waals surface area contributed by atoms with Crippen molar-refractivity contribution in [2.45, 2.75) is 76.7 Å². The van der Waals surface area contributed by atoms with Gasteiger partial charge in [-0.05, 0) is 232 Å². The first-order valence-corrected chi connectivity index (χ1v) is 41.9. The van der Waals surface area contributed by atoms with Crippen molar-refractivity contribution in [2.24, 2.45) is 17.7 Å². The molecule has 17 rings (SSSR count). The Morgan fingerprint density at radius 1 is 0.539 bits per heavy atom. The Morgan fingerprint density at radius 2 is 0.974 bits per heavy atom. The first kappa shape index (κ1) is 85.0. The van der Waals surface area contributed by atoms with Gasteiger partial charge >= 0.3 is 10.1 Å². The Kier molecular flexibility index (Phi) is 30.2. The SMILES string of the molecule is Brc1cccnc1Br.COc1ccc(-c2cccn3nc(CC(=O)C4CC4)c(-c4ccccc4)c23)cc1.Cc1cc(C)c(S(=O)(=O)ON)c(C)c1.N#CCc1ccccc1.Nc1nn2cccc(Br)c2c1-c1ccccc1.O=C(Cc1nn2cccc(Br)c2c1-c1ccccc1)C1CC1.[C-]#[N+]C(c1ccccc1)c1ncccc1Br. The van der Waals surface area contributed by atoms with Gasteiger partial charge < -0.3 is 15.3 Å². The third kappa shape index (κ3) is 22.4. The Morgan fingerprint density at radius 3 is 1.43 bits per heavy atom. The number of pyridine rings is 5. The molecule has 0 spiro atoms. The summed E-state index contributed by atoms with van der Waals surface area (Å²) >= 11 is 17.1. The number of Topliss-reactive ketones (excluding diaryl/α,β-unsaturated/α-hetero) is 2. The molecular weight excluding hydrogens is 1790 g/mol. The number of ketones is 2. The molecule has 0 saturated heterocycles. The van der Waals surface area contributed by atoms with Crippen molar-refractivity contribution < 1.29 is 27.0 Å². The van der Waals surface area contributed by atoms with Gasteiger partial charge in [0.15, 0.2) is 5.82 Å². The maximum absolute atomic E-state index is 12.6. The molecule has 0 aliphatic heterocycles. The summed E-state index contributed by atoms with van der Waals surface area (Å²) < 4.78 is 42.4. The smallest absolute Gasteiger partial charge is 0.313 e. The third-order valence-electron chi connectivity index (χ3n) is 18.5. The number of ether oxygens (including phenoxy) is 1. The lowest BCUT2D eigenvalue weighted by molar-refractivity contribution is -0.120. The predicted octanol–water partition coefficient (Wildman–Crippen LogP) is 22.2. The number of rotatable bonds is 16. The molecule has 24 heteroatoms. The van der Waals surface area contributed by atoms with Crippen LogP contribution in [0.3, 0.4) is 0 Å². The molecule has 8 heterocycles. The normalized spacial score (nSPS) is 12.1. The van der Waals surface area contributed by atoms with E-state index < -0.39 is 10.1 Å². The molecule has 115 heavy (non-hydrogen) atoms. The van der Waals surface area contributed by atoms with Crippen LogP contribution in [0.4, 0.5) is 5.82 Å². The van der Waals surface area contributed by atoms with Crippen molar-refractivity contribution in [2.75, 3.05) is 12.8 Å². The molecule has 4 N–H and O–H groups in total. The van der Waals surface area contributed by atoms with Gasteiger partial charge in [-0.3, -0.25) is 14.6 Å². The fourth-order valence-electron chi connectivity index (χ4n) is 12.9. The number of carbonyl (C=O) groups is 2. The average Bonchev–Trinajstić information content (AvgIpc) is 1.62. The molecule has 0 amide bonds. The van der Waals surface area contributed by atoms with Crippen LogP contribution in [-0.2, 0) is 43.3 Å². The van der Waals surface area contributed by atoms with Gasteiger partial charge in [-0.2, -0.15) is 34.1 Å². The van der Waals surface area contributed by atoms with Crippen LogP contribution in [-0.4, -0.2) is 65.9 Å². The number of benzene rings is 7. The Labute approximate surface area is 710 Å². The number of fused-ring (bicyclic) bond motifs is 3. The minimum atomic E-state index is -3.80. The van der Waals surface area contributed by atoms with Crippen LogP contribution in [0.1, 0.15) is 76.6 Å². The zero-order chi connectivity index (χ0) is 81.5. The van der Waals surface area contributed by atoms with E-state index in [4.69, 9.17) is 33.3 Å². The third-order valence-corrected chi connectivity index (χ3v) is 23.6. The van der Waals surface area contributed by atoms with E-state index in [9.17, 15) is 18.0 Å². The zero-order valence-electron chi connectivity index (χ0n) is 63.1. The number of hydrogen-bond acceptors (Lipinski definition) is 14. The lowest BCUT2D eigenvalue weighted by Gasteiger charge is -2.09. The van der Waals surface area contributed by atoms with Crippen LogP contribution in [0, 0.1) is 50.5 Å². The summed E-state index contributed by atoms with van der Waals surface area (Å²) in [7, 11) is -2.13. The number of carbonyl (C=O) groups excluding carboxylic acids is 2. The summed E-state index contributed by atoms with van der Waals surface area (Å²) in [4.78, 5) is 36.9. The Balaban J connectivity index is 0.000000137. The van der Waals surface area contributed by atoms with Crippen molar-refractivity contribution in [3.05, 3.63) is 359 Å². The highest BCUT2D eigenvalue weighted by Crippen LogP contribution is 2.41. The number of hydrogen-bond donors (Lipinski definition) is 2. The van der Waals surface area contributed by atoms with Crippen LogP contribution < -0.4 is 16.4 Å². The summed E-state index contributed by atoms with van der Waals surface area (Å²) in [6.45, 7) is 12.6. The monoisotopic (exact) mass is 1860 g/mol. The number of halogens is 5. The van der Waals surface area contributed by atoms with Gasteiger partial charge in [-0.25, -0.2) is 25.1 Å². The second-order valence-electron chi connectivity index (χ2n) is 26.8. The molecule has 2 aliphatic rings. The highest BCUT2D eigenvalue weighted by atomic mass is 79.9. The average molecular weight is 1870 g/mol. The quantitative estimate of drug-likeness (QED) is 0.0519. The molecule has 18 nitrogen and oxygen atoms in total. The lowest BCUT2D eigenvalue weighted by Crippen LogP contribution is -2.14. The number of nitrogen functional groups attached to an aromatic ring is 1. The number of anilines is 1. The highest BCUT2D eigenvalue weighted by Gasteiger charge is 2.33. The summed E-state index contributed by atoms with van der Waals surface area (Å²) in [5, 5.41) is 22.1. The molecule has 7 aromatic carbocycles. The summed E-state index contributed by atoms with van der Waals surface area (Å²) in [5.41, 5.74) is 24.4. The molecule has 1 atom stereocenters. The molecule has 2 aliphatic carbocycles. The summed E-state index contributed by atoms with van der Waals surface area (Å²) in [6, 6.07) is 82.8. The number of nitrogens with two attached hydrogens (primary N) is 2. The van der Waals surface area contributed by atoms with Gasteiger partial charge in [0.1, 0.15) is 32.5 Å². The van der Waals surface area contributed by atoms with Crippen molar-refractivity contribution in [3.8, 4) is 56.3 Å². The molecular formula is C91H79Br5N12O6S. The molecule has 0 bridgehead atoms. The molecule has 2 saturated carbocycles. The molecule has 580 valence electrons. The van der Waals surface area contributed by atoms with Crippen LogP contribution in [0.15, 0.2) is 307 Å². The second-order valence-corrected chi connectivity index (χ2v) is 32.4. The number of nitrogens with zero attached hydrogens (tertiary/aromatic N) is 10. The number of nitriles is 1. The van der Waals surface area contributed by atoms with E-state index in [-0.39, 0.29) is 22.8 Å². The maximum Gasteiger partial charge on any atom is 0.313 e. The first-order chi connectivity index (χ1) is 55.7. The van der Waals surface area contributed by atoms with Gasteiger partial charge in [0.25, 0.3) is 6.04 Å².